The van der Waals surface area contributed by atoms with Crippen molar-refractivity contribution in [1.29, 1.82) is 0 Å². The number of rotatable bonds is 12. The molecule has 0 amide bonds. The fraction of sp³-hybridized carbons (Fsp3) is 0.562. The normalized spacial score (nSPS) is 18.3. The number of hydrogen-bond acceptors (Lipinski definition) is 3. The van der Waals surface area contributed by atoms with Gasteiger partial charge in [0.1, 0.15) is 0 Å². The van der Waals surface area contributed by atoms with Gasteiger partial charge in [0.2, 0.25) is 0 Å². The second kappa shape index (κ2) is 11.6. The lowest BCUT2D eigenvalue weighted by molar-refractivity contribution is 0.559. The quantitative estimate of drug-likeness (QED) is 0.213. The molecule has 1 aromatic carbocycles. The van der Waals surface area contributed by atoms with Gasteiger partial charge in [-0.1, -0.05) is 78.0 Å². The molecule has 0 spiro atoms. The Morgan fingerprint density at radius 3 is 2.14 bits per heavy atom. The topological polar surface area (TPSA) is 0 Å². The van der Waals surface area contributed by atoms with Gasteiger partial charge in [0.15, 0.2) is 0 Å². The molecule has 0 fully saturated rings. The molecule has 2 aliphatic rings. The Morgan fingerprint density at radius 1 is 0.800 bits per heavy atom. The number of benzene rings is 1. The summed E-state index contributed by atoms with van der Waals surface area (Å²) >= 11 is 6.20. The molecule has 1 aliphatic heterocycles. The third-order valence-electron chi connectivity index (χ3n) is 8.28. The molecule has 0 radical (unpaired) electrons. The predicted octanol–water partition coefficient (Wildman–Crippen LogP) is 11.9. The van der Waals surface area contributed by atoms with Crippen molar-refractivity contribution in [1.82, 2.24) is 0 Å². The lowest BCUT2D eigenvalue weighted by Gasteiger charge is -2.17. The Morgan fingerprint density at radius 2 is 1.49 bits per heavy atom. The Kier molecular flexibility index (Phi) is 8.47. The zero-order valence-electron chi connectivity index (χ0n) is 22.1. The molecule has 188 valence electrons. The van der Waals surface area contributed by atoms with Gasteiger partial charge in [-0.2, -0.15) is 0 Å². The van der Waals surface area contributed by atoms with E-state index in [0.717, 1.165) is 11.8 Å². The van der Waals surface area contributed by atoms with Crippen molar-refractivity contribution in [2.24, 2.45) is 0 Å². The van der Waals surface area contributed by atoms with Crippen LogP contribution in [0.2, 0.25) is 0 Å². The molecule has 35 heavy (non-hydrogen) atoms. The first kappa shape index (κ1) is 25.6. The maximum absolute atomic E-state index is 2.58. The van der Waals surface area contributed by atoms with E-state index in [2.05, 4.69) is 92.5 Å². The summed E-state index contributed by atoms with van der Waals surface area (Å²) in [5.41, 5.74) is 3.19. The summed E-state index contributed by atoms with van der Waals surface area (Å²) in [7, 11) is 0. The molecule has 0 N–H and O–H groups in total. The first-order chi connectivity index (χ1) is 17.1. The van der Waals surface area contributed by atoms with Gasteiger partial charge in [0, 0.05) is 30.1 Å². The van der Waals surface area contributed by atoms with E-state index < -0.39 is 0 Å². The molecule has 2 aromatic heterocycles. The van der Waals surface area contributed by atoms with Crippen molar-refractivity contribution >= 4 is 50.6 Å². The van der Waals surface area contributed by atoms with Gasteiger partial charge in [-0.05, 0) is 95.7 Å². The molecule has 3 atom stereocenters. The second-order valence-electron chi connectivity index (χ2n) is 10.7. The third-order valence-corrected chi connectivity index (χ3v) is 12.0. The van der Waals surface area contributed by atoms with Crippen LogP contribution in [-0.4, -0.2) is 0 Å². The average molecular weight is 523 g/mol. The largest absolute Gasteiger partial charge is 0.140 e. The number of fused-ring (bicyclic) bond motifs is 5. The summed E-state index contributed by atoms with van der Waals surface area (Å²) in [4.78, 5) is 7.90. The molecule has 0 saturated carbocycles. The van der Waals surface area contributed by atoms with Gasteiger partial charge in [-0.25, -0.2) is 0 Å². The summed E-state index contributed by atoms with van der Waals surface area (Å²) in [6, 6.07) is 10.2. The van der Waals surface area contributed by atoms with Crippen LogP contribution in [0.25, 0.3) is 16.2 Å². The van der Waals surface area contributed by atoms with E-state index >= 15 is 0 Å². The highest BCUT2D eigenvalue weighted by Gasteiger charge is 2.33. The Balaban J connectivity index is 1.36. The van der Waals surface area contributed by atoms with Crippen LogP contribution >= 0.6 is 34.4 Å². The van der Waals surface area contributed by atoms with Gasteiger partial charge in [0.25, 0.3) is 0 Å². The maximum atomic E-state index is 2.58. The first-order valence-electron chi connectivity index (χ1n) is 14.2. The molecule has 3 aromatic rings. The Hall–Kier alpha value is -1.03. The SMILES string of the molecule is CCCCCC(CC)c1cc2c(s1)C=C1Sc3cc4sc(C(CC)CCCCC)cc4cc3C1C2. The standard InChI is InChI=1S/C32H42S3/c1-5-9-11-13-21(7-3)27-17-23-15-25-26-16-24-18-28(22(8-4)14-12-10-6-2)34-30(24)20-32(26)35-31(25)19-29(23)33-27/h15,17-22,26H,5-14,16H2,1-4H3. The number of allylic oxidation sites excluding steroid dienone is 1. The van der Waals surface area contributed by atoms with Gasteiger partial charge >= 0.3 is 0 Å². The lowest BCUT2D eigenvalue weighted by Crippen LogP contribution is -2.04. The van der Waals surface area contributed by atoms with Crippen molar-refractivity contribution in [3.05, 3.63) is 54.9 Å². The van der Waals surface area contributed by atoms with Crippen LogP contribution in [-0.2, 0) is 6.42 Å². The van der Waals surface area contributed by atoms with Crippen LogP contribution in [0.4, 0.5) is 0 Å². The van der Waals surface area contributed by atoms with Crippen LogP contribution in [0.5, 0.6) is 0 Å². The highest BCUT2D eigenvalue weighted by Crippen LogP contribution is 2.55. The Labute approximate surface area is 225 Å². The maximum Gasteiger partial charge on any atom is 0.0357 e. The summed E-state index contributed by atoms with van der Waals surface area (Å²) in [6.07, 6.45) is 17.1. The fourth-order valence-electron chi connectivity index (χ4n) is 6.03. The van der Waals surface area contributed by atoms with E-state index in [1.165, 1.54) is 85.6 Å². The second-order valence-corrected chi connectivity index (χ2v) is 14.1. The molecule has 1 aliphatic carbocycles. The van der Waals surface area contributed by atoms with Crippen molar-refractivity contribution < 1.29 is 0 Å². The van der Waals surface area contributed by atoms with Crippen LogP contribution in [0, 0.1) is 0 Å². The van der Waals surface area contributed by atoms with Crippen LogP contribution < -0.4 is 0 Å². The van der Waals surface area contributed by atoms with E-state index in [9.17, 15) is 0 Å². The van der Waals surface area contributed by atoms with Gasteiger partial charge in [-0.15, -0.1) is 22.7 Å². The van der Waals surface area contributed by atoms with Crippen molar-refractivity contribution in [3.8, 4) is 0 Å². The van der Waals surface area contributed by atoms with Crippen molar-refractivity contribution in [2.75, 3.05) is 0 Å². The summed E-state index contributed by atoms with van der Waals surface area (Å²) in [5, 5.41) is 1.48. The highest BCUT2D eigenvalue weighted by atomic mass is 32.2. The van der Waals surface area contributed by atoms with Crippen molar-refractivity contribution in [2.45, 2.75) is 121 Å². The zero-order chi connectivity index (χ0) is 24.4. The van der Waals surface area contributed by atoms with E-state index in [1.54, 1.807) is 30.7 Å². The number of unbranched alkanes of at least 4 members (excludes halogenated alkanes) is 4. The smallest absolute Gasteiger partial charge is 0.0357 e. The molecular weight excluding hydrogens is 481 g/mol. The van der Waals surface area contributed by atoms with Crippen molar-refractivity contribution in [3.63, 3.8) is 0 Å². The molecular formula is C32H42S3. The molecule has 3 heterocycles. The van der Waals surface area contributed by atoms with Crippen LogP contribution in [0.3, 0.4) is 0 Å². The molecule has 0 nitrogen and oxygen atoms in total. The highest BCUT2D eigenvalue weighted by molar-refractivity contribution is 8.03. The number of thioether (sulfide) groups is 1. The summed E-state index contributed by atoms with van der Waals surface area (Å²) in [5.74, 6) is 2.06. The van der Waals surface area contributed by atoms with E-state index in [0.29, 0.717) is 5.92 Å². The first-order valence-corrected chi connectivity index (χ1v) is 16.7. The minimum atomic E-state index is 0.574. The molecule has 0 saturated heterocycles. The fourth-order valence-corrected chi connectivity index (χ4v) is 10.1. The minimum absolute atomic E-state index is 0.574. The molecule has 3 heteroatoms. The van der Waals surface area contributed by atoms with Gasteiger partial charge < -0.3 is 0 Å². The molecule has 5 rings (SSSR count). The van der Waals surface area contributed by atoms with E-state index in [4.69, 9.17) is 0 Å². The summed E-state index contributed by atoms with van der Waals surface area (Å²) < 4.78 is 1.49. The van der Waals surface area contributed by atoms with Crippen LogP contribution in [0.15, 0.2) is 34.1 Å². The Bertz CT molecular complexity index is 1180. The predicted molar refractivity (Wildman–Crippen MR) is 161 cm³/mol. The monoisotopic (exact) mass is 522 g/mol. The molecule has 3 unspecified atom stereocenters. The average Bonchev–Trinajstić information content (AvgIpc) is 3.55. The third kappa shape index (κ3) is 5.34. The zero-order valence-corrected chi connectivity index (χ0v) is 24.6. The van der Waals surface area contributed by atoms with Gasteiger partial charge in [-0.3, -0.25) is 0 Å². The number of thiophene rings is 2. The summed E-state index contributed by atoms with van der Waals surface area (Å²) in [6.45, 7) is 9.37. The minimum Gasteiger partial charge on any atom is -0.140 e. The van der Waals surface area contributed by atoms with E-state index in [-0.39, 0.29) is 0 Å². The molecule has 0 bridgehead atoms. The number of hydrogen-bond donors (Lipinski definition) is 0. The van der Waals surface area contributed by atoms with Crippen LogP contribution in [0.1, 0.15) is 135 Å². The van der Waals surface area contributed by atoms with E-state index in [1.807, 2.05) is 0 Å². The van der Waals surface area contributed by atoms with Gasteiger partial charge in [0.05, 0.1) is 0 Å². The lowest BCUT2D eigenvalue weighted by atomic mass is 9.87.